The number of alkyl halides is 3. The van der Waals surface area contributed by atoms with Crippen LogP contribution in [0.3, 0.4) is 0 Å². The van der Waals surface area contributed by atoms with Crippen LogP contribution in [0, 0.1) is 11.8 Å². The van der Waals surface area contributed by atoms with Crippen molar-refractivity contribution in [2.24, 2.45) is 11.8 Å². The van der Waals surface area contributed by atoms with E-state index < -0.39 is 30.5 Å². The number of carbonyl (C=O) groups is 1. The summed E-state index contributed by atoms with van der Waals surface area (Å²) in [7, 11) is 0. The predicted octanol–water partition coefficient (Wildman–Crippen LogP) is 1.41. The lowest BCUT2D eigenvalue weighted by Gasteiger charge is -2.19. The molecule has 0 amide bonds. The first-order chi connectivity index (χ1) is 9.21. The van der Waals surface area contributed by atoms with Gasteiger partial charge in [-0.3, -0.25) is 4.79 Å². The monoisotopic (exact) mass is 310 g/mol. The smallest absolute Gasteiger partial charge is 0.394 e. The molecule has 3 N–H and O–H groups in total. The van der Waals surface area contributed by atoms with Gasteiger partial charge in [0.1, 0.15) is 17.2 Å². The maximum absolute atomic E-state index is 12.9. The van der Waals surface area contributed by atoms with Crippen LogP contribution in [0.1, 0.15) is 0 Å². The fourth-order valence-electron chi connectivity index (χ4n) is 2.15. The fourth-order valence-corrected chi connectivity index (χ4v) is 2.37. The van der Waals surface area contributed by atoms with E-state index in [9.17, 15) is 18.0 Å². The van der Waals surface area contributed by atoms with E-state index in [1.807, 2.05) is 0 Å². The lowest BCUT2D eigenvalue weighted by atomic mass is 9.96. The lowest BCUT2D eigenvalue weighted by molar-refractivity contribution is -0.187. The number of hydrogen-bond donors (Lipinski definition) is 2. The van der Waals surface area contributed by atoms with E-state index in [-0.39, 0.29) is 23.2 Å². The van der Waals surface area contributed by atoms with Crippen molar-refractivity contribution in [2.45, 2.75) is 6.18 Å². The molecule has 0 aromatic carbocycles. The Morgan fingerprint density at radius 2 is 2.10 bits per heavy atom. The first-order valence-electron chi connectivity index (χ1n) is 5.52. The number of aliphatic carboxylic acids is 1. The Kier molecular flexibility index (Phi) is 3.63. The van der Waals surface area contributed by atoms with Crippen molar-refractivity contribution in [3.8, 4) is 0 Å². The molecule has 20 heavy (non-hydrogen) atoms. The van der Waals surface area contributed by atoms with Gasteiger partial charge in [0.05, 0.1) is 11.8 Å². The summed E-state index contributed by atoms with van der Waals surface area (Å²) in [4.78, 5) is 19.5. The molecule has 0 unspecified atom stereocenters. The molecule has 1 fully saturated rings. The molecule has 1 aliphatic rings. The molecule has 1 aliphatic heterocycles. The Balaban J connectivity index is 2.33. The Bertz CT molecular complexity index is 540. The molecule has 0 saturated carbocycles. The van der Waals surface area contributed by atoms with Gasteiger partial charge >= 0.3 is 12.1 Å². The molecule has 2 heterocycles. The zero-order valence-corrected chi connectivity index (χ0v) is 10.7. The summed E-state index contributed by atoms with van der Waals surface area (Å²) in [5.41, 5.74) is 5.45. The highest BCUT2D eigenvalue weighted by Crippen LogP contribution is 2.40. The van der Waals surface area contributed by atoms with Gasteiger partial charge in [0, 0.05) is 13.1 Å². The highest BCUT2D eigenvalue weighted by molar-refractivity contribution is 6.35. The molecule has 0 radical (unpaired) electrons. The largest absolute Gasteiger partial charge is 0.481 e. The molecular formula is C10H10ClF3N4O2. The minimum Gasteiger partial charge on any atom is -0.481 e. The summed E-state index contributed by atoms with van der Waals surface area (Å²) in [6, 6.07) is 0. The number of anilines is 2. The molecule has 6 nitrogen and oxygen atoms in total. The van der Waals surface area contributed by atoms with E-state index >= 15 is 0 Å². The Hall–Kier alpha value is -1.77. The van der Waals surface area contributed by atoms with Gasteiger partial charge in [0.15, 0.2) is 5.82 Å². The third-order valence-electron chi connectivity index (χ3n) is 3.16. The quantitative estimate of drug-likeness (QED) is 0.858. The van der Waals surface area contributed by atoms with Crippen LogP contribution >= 0.6 is 11.6 Å². The molecule has 1 saturated heterocycles. The molecule has 0 bridgehead atoms. The number of nitrogens with two attached hydrogens (primary N) is 1. The average molecular weight is 311 g/mol. The van der Waals surface area contributed by atoms with Crippen LogP contribution in [0.5, 0.6) is 0 Å². The van der Waals surface area contributed by atoms with Crippen LogP contribution in [-0.4, -0.2) is 40.3 Å². The normalized spacial score (nSPS) is 23.1. The van der Waals surface area contributed by atoms with Crippen molar-refractivity contribution in [1.82, 2.24) is 9.97 Å². The molecule has 110 valence electrons. The van der Waals surface area contributed by atoms with Gasteiger partial charge in [0.25, 0.3) is 0 Å². The molecule has 1 aromatic rings. The molecule has 2 atom stereocenters. The number of halogens is 4. The zero-order chi connectivity index (χ0) is 15.1. The third kappa shape index (κ3) is 2.58. The topological polar surface area (TPSA) is 92.3 Å². The van der Waals surface area contributed by atoms with Crippen molar-refractivity contribution in [3.63, 3.8) is 0 Å². The van der Waals surface area contributed by atoms with Crippen LogP contribution in [0.25, 0.3) is 0 Å². The predicted molar refractivity (Wildman–Crippen MR) is 64.3 cm³/mol. The Morgan fingerprint density at radius 3 is 2.60 bits per heavy atom. The van der Waals surface area contributed by atoms with Crippen LogP contribution in [0.2, 0.25) is 5.02 Å². The molecule has 0 spiro atoms. The van der Waals surface area contributed by atoms with E-state index in [2.05, 4.69) is 9.97 Å². The number of aromatic nitrogens is 2. The van der Waals surface area contributed by atoms with Gasteiger partial charge in [-0.1, -0.05) is 11.6 Å². The first kappa shape index (κ1) is 14.6. The van der Waals surface area contributed by atoms with Crippen molar-refractivity contribution in [2.75, 3.05) is 23.7 Å². The second-order valence-electron chi connectivity index (χ2n) is 4.39. The Labute approximate surface area is 116 Å². The molecule has 10 heteroatoms. The van der Waals surface area contributed by atoms with E-state index in [1.165, 1.54) is 0 Å². The van der Waals surface area contributed by atoms with Gasteiger partial charge in [-0.15, -0.1) is 0 Å². The van der Waals surface area contributed by atoms with Gasteiger partial charge < -0.3 is 15.7 Å². The summed E-state index contributed by atoms with van der Waals surface area (Å²) in [6.07, 6.45) is -3.55. The van der Waals surface area contributed by atoms with Gasteiger partial charge in [-0.25, -0.2) is 9.97 Å². The highest BCUT2D eigenvalue weighted by atomic mass is 35.5. The maximum atomic E-state index is 12.9. The number of rotatable bonds is 2. The number of hydrogen-bond acceptors (Lipinski definition) is 5. The number of carboxylic acid groups (broad SMARTS) is 1. The standard InChI is InChI=1S/C10H10ClF3N4O2/c11-6-7(15)16-3-17-8(6)18-1-4(9(19)20)5(2-18)10(12,13)14/h3-5H,1-2H2,(H,19,20)(H2,15,16,17)/t4-,5-/m1/s1. The molecule has 0 aliphatic carbocycles. The Morgan fingerprint density at radius 1 is 1.45 bits per heavy atom. The van der Waals surface area contributed by atoms with Gasteiger partial charge in [-0.05, 0) is 0 Å². The fraction of sp³-hybridized carbons (Fsp3) is 0.500. The minimum atomic E-state index is -4.61. The van der Waals surface area contributed by atoms with E-state index in [0.717, 1.165) is 11.2 Å². The van der Waals surface area contributed by atoms with E-state index in [1.54, 1.807) is 0 Å². The minimum absolute atomic E-state index is 0.0113. The van der Waals surface area contributed by atoms with E-state index in [4.69, 9.17) is 22.4 Å². The van der Waals surface area contributed by atoms with Crippen LogP contribution in [0.4, 0.5) is 24.8 Å². The summed E-state index contributed by atoms with van der Waals surface area (Å²) >= 11 is 5.84. The first-order valence-corrected chi connectivity index (χ1v) is 5.90. The zero-order valence-electron chi connectivity index (χ0n) is 9.93. The van der Waals surface area contributed by atoms with Crippen molar-refractivity contribution < 1.29 is 23.1 Å². The summed E-state index contributed by atoms with van der Waals surface area (Å²) in [5.74, 6) is -5.11. The average Bonchev–Trinajstić information content (AvgIpc) is 2.77. The van der Waals surface area contributed by atoms with Crippen molar-refractivity contribution in [3.05, 3.63) is 11.3 Å². The lowest BCUT2D eigenvalue weighted by Crippen LogP contribution is -2.33. The number of nitrogens with zero attached hydrogens (tertiary/aromatic N) is 3. The van der Waals surface area contributed by atoms with Crippen molar-refractivity contribution >= 4 is 29.2 Å². The number of nitrogen functional groups attached to an aromatic ring is 1. The number of carboxylic acids is 1. The van der Waals surface area contributed by atoms with Crippen LogP contribution in [0.15, 0.2) is 6.33 Å². The highest BCUT2D eigenvalue weighted by Gasteiger charge is 2.53. The molecule has 1 aromatic heterocycles. The summed E-state index contributed by atoms with van der Waals surface area (Å²) in [6.45, 7) is -0.869. The van der Waals surface area contributed by atoms with Crippen LogP contribution < -0.4 is 10.6 Å². The second kappa shape index (κ2) is 4.97. The second-order valence-corrected chi connectivity index (χ2v) is 4.77. The third-order valence-corrected chi connectivity index (χ3v) is 3.52. The molecular weight excluding hydrogens is 301 g/mol. The van der Waals surface area contributed by atoms with E-state index in [0.29, 0.717) is 0 Å². The van der Waals surface area contributed by atoms with Gasteiger partial charge in [0.2, 0.25) is 0 Å². The molecule has 2 rings (SSSR count). The van der Waals surface area contributed by atoms with Crippen LogP contribution in [-0.2, 0) is 4.79 Å². The van der Waals surface area contributed by atoms with Crippen molar-refractivity contribution in [1.29, 1.82) is 0 Å². The summed E-state index contributed by atoms with van der Waals surface area (Å²) in [5, 5.41) is 8.83. The summed E-state index contributed by atoms with van der Waals surface area (Å²) < 4.78 is 38.6. The SMILES string of the molecule is Nc1ncnc(N2C[C@@H](C(F)(F)F)[C@H](C(=O)O)C2)c1Cl. The maximum Gasteiger partial charge on any atom is 0.394 e. The van der Waals surface area contributed by atoms with Gasteiger partial charge in [-0.2, -0.15) is 13.2 Å².